The van der Waals surface area contributed by atoms with Gasteiger partial charge in [0, 0.05) is 12.8 Å². The summed E-state index contributed by atoms with van der Waals surface area (Å²) in [7, 11) is 0.0334. The molecule has 1 aliphatic heterocycles. The fourth-order valence-corrected chi connectivity index (χ4v) is 2.74. The van der Waals surface area contributed by atoms with E-state index in [0.717, 1.165) is 15.6 Å². The van der Waals surface area contributed by atoms with Crippen LogP contribution in [0.25, 0.3) is 0 Å². The Balaban J connectivity index is 2.98. The van der Waals surface area contributed by atoms with Gasteiger partial charge in [-0.2, -0.15) is 10.8 Å². The van der Waals surface area contributed by atoms with E-state index in [1.165, 1.54) is 0 Å². The number of allylic oxidation sites excluding steroid dienone is 2. The maximum Gasteiger partial charge on any atom is 0.0952 e. The van der Waals surface area contributed by atoms with E-state index in [9.17, 15) is 0 Å². The van der Waals surface area contributed by atoms with Gasteiger partial charge in [-0.15, -0.1) is 0 Å². The molecular formula is C8H15NOS. The van der Waals surface area contributed by atoms with Crippen LogP contribution in [0.2, 0.25) is 0 Å². The molecule has 1 rings (SSSR count). The number of hydrogen-bond donors (Lipinski definition) is 1. The van der Waals surface area contributed by atoms with E-state index in [1.54, 1.807) is 7.11 Å². The third-order valence-electron chi connectivity index (χ3n) is 1.80. The molecular weight excluding hydrogens is 158 g/mol. The maximum atomic E-state index is 8.19. The normalized spacial score (nSPS) is 38.2. The van der Waals surface area contributed by atoms with E-state index in [0.29, 0.717) is 5.94 Å². The summed E-state index contributed by atoms with van der Waals surface area (Å²) in [6, 6.07) is 0. The molecule has 0 spiro atoms. The highest BCUT2D eigenvalue weighted by molar-refractivity contribution is 8.33. The van der Waals surface area contributed by atoms with Gasteiger partial charge in [0.2, 0.25) is 0 Å². The standard InChI is InChI=1S/C8H15NOS/c1-6-7(2)11(5-10-4)8(3)9-6/h11H,5H2,1-4H3/i11D. The Morgan fingerprint density at radius 3 is 2.55 bits per heavy atom. The Labute approximate surface area is 71.8 Å². The van der Waals surface area contributed by atoms with Crippen molar-refractivity contribution in [2.75, 3.05) is 13.0 Å². The minimum absolute atomic E-state index is 0.478. The van der Waals surface area contributed by atoms with Gasteiger partial charge in [0.05, 0.1) is 12.1 Å². The molecule has 1 unspecified atom stereocenters. The predicted molar refractivity (Wildman–Crippen MR) is 52.3 cm³/mol. The van der Waals surface area contributed by atoms with Crippen molar-refractivity contribution in [2.24, 2.45) is 4.99 Å². The van der Waals surface area contributed by atoms with Crippen LogP contribution in [0.15, 0.2) is 15.6 Å². The minimum atomic E-state index is -1.60. The molecule has 0 bridgehead atoms. The van der Waals surface area contributed by atoms with Crippen LogP contribution in [-0.2, 0) is 4.74 Å². The molecule has 1 heterocycles. The van der Waals surface area contributed by atoms with Crippen LogP contribution in [0.5, 0.6) is 0 Å². The van der Waals surface area contributed by atoms with Crippen LogP contribution < -0.4 is 0 Å². The smallest absolute Gasteiger partial charge is 0.0952 e. The molecule has 0 aliphatic carbocycles. The summed E-state index contributed by atoms with van der Waals surface area (Å²) >= 11 is 0. The number of rotatable bonds is 2. The first kappa shape index (κ1) is 7.37. The molecule has 3 heteroatoms. The van der Waals surface area contributed by atoms with Crippen LogP contribution >= 0.6 is 10.8 Å². The number of ether oxygens (including phenoxy) is 1. The molecule has 0 saturated carbocycles. The van der Waals surface area contributed by atoms with Crippen LogP contribution in [0.1, 0.15) is 20.8 Å². The predicted octanol–water partition coefficient (Wildman–Crippen LogP) is 2.27. The second-order valence-electron chi connectivity index (χ2n) is 2.57. The highest BCUT2D eigenvalue weighted by Crippen LogP contribution is 2.43. The Kier molecular flexibility index (Phi) is 2.29. The van der Waals surface area contributed by atoms with Crippen molar-refractivity contribution >= 4 is 15.8 Å². The number of aliphatic imine (C=N–C) groups is 1. The van der Waals surface area contributed by atoms with Crippen LogP contribution in [0, 0.1) is 0 Å². The summed E-state index contributed by atoms with van der Waals surface area (Å²) in [5.41, 5.74) is 0.995. The topological polar surface area (TPSA) is 21.6 Å². The molecule has 0 aromatic carbocycles. The summed E-state index contributed by atoms with van der Waals surface area (Å²) in [5.74, 6) is 0.478. The summed E-state index contributed by atoms with van der Waals surface area (Å²) in [5, 5.41) is 0.916. The van der Waals surface area contributed by atoms with E-state index in [4.69, 9.17) is 5.86 Å². The van der Waals surface area contributed by atoms with Gasteiger partial charge in [-0.05, 0) is 25.7 Å². The number of thiol groups is 1. The molecule has 64 valence electrons. The van der Waals surface area contributed by atoms with E-state index in [2.05, 4.69) is 4.99 Å². The largest absolute Gasteiger partial charge is 0.375 e. The van der Waals surface area contributed by atoms with Gasteiger partial charge in [0.25, 0.3) is 0 Å². The van der Waals surface area contributed by atoms with Gasteiger partial charge in [-0.1, -0.05) is 0 Å². The van der Waals surface area contributed by atoms with E-state index >= 15 is 0 Å². The third-order valence-corrected chi connectivity index (χ3v) is 4.11. The molecule has 0 N–H and O–H groups in total. The Morgan fingerprint density at radius 2 is 2.18 bits per heavy atom. The van der Waals surface area contributed by atoms with E-state index in [-0.39, 0.29) is 0 Å². The lowest BCUT2D eigenvalue weighted by Gasteiger charge is -2.15. The van der Waals surface area contributed by atoms with Gasteiger partial charge in [-0.25, -0.2) is 0 Å². The van der Waals surface area contributed by atoms with Gasteiger partial charge >= 0.3 is 0 Å². The number of nitrogens with zero attached hydrogens (tertiary/aromatic N) is 1. The average Bonchev–Trinajstić information content (AvgIpc) is 2.17. The monoisotopic (exact) mass is 174 g/mol. The second-order valence-corrected chi connectivity index (χ2v) is 4.79. The number of hydrogen-bond acceptors (Lipinski definition) is 2. The lowest BCUT2D eigenvalue weighted by atomic mass is 10.5. The zero-order valence-corrected chi connectivity index (χ0v) is 8.29. The summed E-state index contributed by atoms with van der Waals surface area (Å²) < 4.78 is 13.2. The number of methoxy groups -OCH3 is 1. The summed E-state index contributed by atoms with van der Waals surface area (Å²) in [6.45, 7) is 5.86. The van der Waals surface area contributed by atoms with E-state index < -0.39 is 10.8 Å². The second kappa shape index (κ2) is 3.41. The molecule has 0 saturated heterocycles. The van der Waals surface area contributed by atoms with Crippen LogP contribution in [0.4, 0.5) is 0 Å². The third kappa shape index (κ3) is 1.65. The fourth-order valence-electron chi connectivity index (χ4n) is 1.06. The first-order valence-corrected chi connectivity index (χ1v) is 4.98. The molecule has 1 aliphatic rings. The van der Waals surface area contributed by atoms with Crippen molar-refractivity contribution in [3.05, 3.63) is 10.6 Å². The Hall–Kier alpha value is -0.280. The van der Waals surface area contributed by atoms with Crippen molar-refractivity contribution in [1.29, 1.82) is 1.12 Å². The average molecular weight is 174 g/mol. The zero-order valence-electron chi connectivity index (χ0n) is 8.47. The Bertz CT molecular complexity index is 262. The zero-order chi connectivity index (χ0) is 9.35. The van der Waals surface area contributed by atoms with Crippen molar-refractivity contribution < 1.29 is 4.74 Å². The molecule has 11 heavy (non-hydrogen) atoms. The van der Waals surface area contributed by atoms with Crippen LogP contribution in [-0.4, -0.2) is 19.2 Å². The van der Waals surface area contributed by atoms with Crippen molar-refractivity contribution in [1.82, 2.24) is 0 Å². The SMILES string of the molecule is [2H]S1(COC)C(C)=NC(C)=C1C. The first-order valence-electron chi connectivity index (χ1n) is 4.00. The first-order chi connectivity index (χ1) is 5.52. The summed E-state index contributed by atoms with van der Waals surface area (Å²) in [6.07, 6.45) is 0. The highest BCUT2D eigenvalue weighted by atomic mass is 32.2. The molecule has 0 radical (unpaired) electrons. The fraction of sp³-hybridized carbons (Fsp3) is 0.625. The lowest BCUT2D eigenvalue weighted by Crippen LogP contribution is -1.97. The minimum Gasteiger partial charge on any atom is -0.375 e. The van der Waals surface area contributed by atoms with Gasteiger partial charge in [0.15, 0.2) is 0 Å². The molecule has 2 nitrogen and oxygen atoms in total. The van der Waals surface area contributed by atoms with Gasteiger partial charge < -0.3 is 4.74 Å². The summed E-state index contributed by atoms with van der Waals surface area (Å²) in [4.78, 5) is 5.39. The molecule has 0 amide bonds. The van der Waals surface area contributed by atoms with Gasteiger partial charge in [0.1, 0.15) is 0 Å². The van der Waals surface area contributed by atoms with Crippen LogP contribution in [0.3, 0.4) is 0 Å². The van der Waals surface area contributed by atoms with Crippen molar-refractivity contribution in [3.8, 4) is 0 Å². The van der Waals surface area contributed by atoms with Crippen molar-refractivity contribution in [2.45, 2.75) is 20.8 Å². The highest BCUT2D eigenvalue weighted by Gasteiger charge is 2.17. The molecule has 0 fully saturated rings. The molecule has 1 atom stereocenters. The quantitative estimate of drug-likeness (QED) is 0.637. The van der Waals surface area contributed by atoms with Gasteiger partial charge in [-0.3, -0.25) is 4.99 Å². The molecule has 0 aromatic heterocycles. The molecule has 0 aromatic rings. The maximum absolute atomic E-state index is 8.19. The lowest BCUT2D eigenvalue weighted by molar-refractivity contribution is 0.258. The van der Waals surface area contributed by atoms with Crippen molar-refractivity contribution in [3.63, 3.8) is 0 Å². The Morgan fingerprint density at radius 1 is 1.55 bits per heavy atom. The van der Waals surface area contributed by atoms with E-state index in [1.807, 2.05) is 20.8 Å².